The first kappa shape index (κ1) is 30.9. The maximum absolute atomic E-state index is 13.9. The molecule has 43 heavy (non-hydrogen) atoms. The van der Waals surface area contributed by atoms with Gasteiger partial charge in [0, 0.05) is 24.8 Å². The molecule has 1 aliphatic heterocycles. The molecule has 0 unspecified atom stereocenters. The Morgan fingerprint density at radius 3 is 2.40 bits per heavy atom. The second-order valence-corrected chi connectivity index (χ2v) is 13.1. The third-order valence-corrected chi connectivity index (χ3v) is 9.66. The molecule has 7 atom stereocenters. The van der Waals surface area contributed by atoms with Gasteiger partial charge in [0.25, 0.3) is 0 Å². The third kappa shape index (κ3) is 7.34. The first-order chi connectivity index (χ1) is 20.5. The molecule has 2 fully saturated rings. The van der Waals surface area contributed by atoms with E-state index < -0.39 is 30.1 Å². The van der Waals surface area contributed by atoms with Crippen molar-refractivity contribution < 1.29 is 33.7 Å². The van der Waals surface area contributed by atoms with Crippen molar-refractivity contribution in [1.29, 1.82) is 0 Å². The summed E-state index contributed by atoms with van der Waals surface area (Å²) in [5.41, 5.74) is 1.48. The average Bonchev–Trinajstić information content (AvgIpc) is 3.81. The molecule has 1 heterocycles. The predicted molar refractivity (Wildman–Crippen MR) is 163 cm³/mol. The lowest BCUT2D eigenvalue weighted by Crippen LogP contribution is -2.37. The fraction of sp³-hybridized carbons (Fsp3) is 0.472. The van der Waals surface area contributed by atoms with Crippen LogP contribution in [0, 0.1) is 23.2 Å². The number of benzene rings is 2. The molecule has 1 N–H and O–H groups in total. The summed E-state index contributed by atoms with van der Waals surface area (Å²) in [5.74, 6) is -1.50. The van der Waals surface area contributed by atoms with Gasteiger partial charge in [-0.3, -0.25) is 4.79 Å². The maximum Gasteiger partial charge on any atom is 0.338 e. The van der Waals surface area contributed by atoms with Gasteiger partial charge in [0.15, 0.2) is 11.9 Å². The Hall–Kier alpha value is -3.55. The molecule has 0 aromatic heterocycles. The standard InChI is InChI=1S/C36H42O7/c1-23-19-28-27(35(28,2)3)17-18-36(4)31(43-36)21-29(37)26(22-41-34(40)25-13-9-6-10-14-25)20-30(33(23)39)42-32(38)16-15-24-11-7-5-8-12-24/h5-16,19,26-31,37H,17-18,20-22H2,1-4H3/b16-15+,23-19+/t26-,27+,28-,29-,30+,31-,36-/m1/s1. The summed E-state index contributed by atoms with van der Waals surface area (Å²) in [6, 6.07) is 17.9. The SMILES string of the molecule is C/C1=C\[C@@H]2[C@H](CC[C@@]3(C)O[C@@H]3C[C@@H](O)[C@@H](COC(=O)c3ccccc3)C[C@H](OC(=O)/C=C/c3ccccc3)C1=O)C2(C)C. The summed E-state index contributed by atoms with van der Waals surface area (Å²) in [6.45, 7) is 8.14. The molecular weight excluding hydrogens is 544 g/mol. The van der Waals surface area contributed by atoms with Crippen LogP contribution in [-0.4, -0.2) is 53.3 Å². The summed E-state index contributed by atoms with van der Waals surface area (Å²) in [7, 11) is 0. The smallest absolute Gasteiger partial charge is 0.338 e. The fourth-order valence-corrected chi connectivity index (χ4v) is 6.50. The summed E-state index contributed by atoms with van der Waals surface area (Å²) in [5, 5.41) is 11.4. The highest BCUT2D eigenvalue weighted by molar-refractivity contribution is 6.00. The normalized spacial score (nSPS) is 33.2. The molecule has 7 heteroatoms. The quantitative estimate of drug-likeness (QED) is 0.253. The van der Waals surface area contributed by atoms with E-state index in [1.807, 2.05) is 42.5 Å². The fourth-order valence-electron chi connectivity index (χ4n) is 6.50. The van der Waals surface area contributed by atoms with Crippen LogP contribution < -0.4 is 0 Å². The lowest BCUT2D eigenvalue weighted by molar-refractivity contribution is -0.151. The van der Waals surface area contributed by atoms with E-state index in [1.54, 1.807) is 37.3 Å². The number of ketones is 1. The molecule has 0 amide bonds. The van der Waals surface area contributed by atoms with E-state index in [4.69, 9.17) is 14.2 Å². The van der Waals surface area contributed by atoms with Crippen molar-refractivity contribution >= 4 is 23.8 Å². The van der Waals surface area contributed by atoms with Crippen LogP contribution in [0.25, 0.3) is 6.08 Å². The molecule has 2 aliphatic carbocycles. The van der Waals surface area contributed by atoms with Gasteiger partial charge in [0.1, 0.15) is 0 Å². The van der Waals surface area contributed by atoms with Crippen LogP contribution in [-0.2, 0) is 23.8 Å². The molecule has 2 aromatic rings. The number of carbonyl (C=O) groups excluding carboxylic acids is 3. The van der Waals surface area contributed by atoms with Crippen LogP contribution in [0.3, 0.4) is 0 Å². The van der Waals surface area contributed by atoms with Gasteiger partial charge in [-0.05, 0) is 73.3 Å². The number of aliphatic hydroxyl groups is 1. The van der Waals surface area contributed by atoms with Crippen LogP contribution in [0.1, 0.15) is 69.3 Å². The molecule has 5 rings (SSSR count). The predicted octanol–water partition coefficient (Wildman–Crippen LogP) is 5.96. The van der Waals surface area contributed by atoms with Gasteiger partial charge in [-0.1, -0.05) is 68.5 Å². The number of hydrogen-bond donors (Lipinski definition) is 1. The highest BCUT2D eigenvalue weighted by Gasteiger charge is 2.59. The summed E-state index contributed by atoms with van der Waals surface area (Å²) in [4.78, 5) is 39.6. The zero-order valence-electron chi connectivity index (χ0n) is 25.4. The van der Waals surface area contributed by atoms with Crippen molar-refractivity contribution in [1.82, 2.24) is 0 Å². The van der Waals surface area contributed by atoms with Crippen molar-refractivity contribution in [2.75, 3.05) is 6.61 Å². The number of aliphatic hydroxyl groups excluding tert-OH is 1. The minimum absolute atomic E-state index is 0.000904. The monoisotopic (exact) mass is 586 g/mol. The topological polar surface area (TPSA) is 102 Å². The van der Waals surface area contributed by atoms with Crippen molar-refractivity contribution in [3.63, 3.8) is 0 Å². The van der Waals surface area contributed by atoms with Crippen molar-refractivity contribution in [2.24, 2.45) is 23.2 Å². The Labute approximate surface area is 253 Å². The molecule has 228 valence electrons. The highest BCUT2D eigenvalue weighted by Crippen LogP contribution is 2.62. The molecule has 1 saturated carbocycles. The van der Waals surface area contributed by atoms with Gasteiger partial charge in [-0.2, -0.15) is 0 Å². The first-order valence-electron chi connectivity index (χ1n) is 15.2. The second kappa shape index (κ2) is 12.6. The van der Waals surface area contributed by atoms with Gasteiger partial charge in [0.2, 0.25) is 0 Å². The lowest BCUT2D eigenvalue weighted by Gasteiger charge is -2.27. The Morgan fingerprint density at radius 1 is 1.02 bits per heavy atom. The van der Waals surface area contributed by atoms with Crippen LogP contribution in [0.2, 0.25) is 0 Å². The van der Waals surface area contributed by atoms with E-state index in [0.717, 1.165) is 18.4 Å². The second-order valence-electron chi connectivity index (χ2n) is 13.1. The zero-order valence-corrected chi connectivity index (χ0v) is 25.4. The number of hydrogen-bond acceptors (Lipinski definition) is 7. The summed E-state index contributed by atoms with van der Waals surface area (Å²) < 4.78 is 17.5. The van der Waals surface area contributed by atoms with Crippen LogP contribution in [0.5, 0.6) is 0 Å². The van der Waals surface area contributed by atoms with Crippen LogP contribution in [0.15, 0.2) is 78.4 Å². The Balaban J connectivity index is 1.40. The first-order valence-corrected chi connectivity index (χ1v) is 15.2. The van der Waals surface area contributed by atoms with Gasteiger partial charge in [-0.25, -0.2) is 9.59 Å². The number of esters is 2. The van der Waals surface area contributed by atoms with Gasteiger partial charge >= 0.3 is 11.9 Å². The summed E-state index contributed by atoms with van der Waals surface area (Å²) in [6.07, 6.45) is 4.88. The highest BCUT2D eigenvalue weighted by atomic mass is 16.6. The maximum atomic E-state index is 13.9. The van der Waals surface area contributed by atoms with Gasteiger partial charge < -0.3 is 19.3 Å². The molecular formula is C36H42O7. The Morgan fingerprint density at radius 2 is 1.70 bits per heavy atom. The minimum Gasteiger partial charge on any atom is -0.462 e. The van der Waals surface area contributed by atoms with Crippen molar-refractivity contribution in [3.05, 3.63) is 89.5 Å². The Bertz CT molecular complexity index is 1380. The number of epoxide rings is 1. The van der Waals surface area contributed by atoms with E-state index in [9.17, 15) is 19.5 Å². The number of fused-ring (bicyclic) bond motifs is 2. The van der Waals surface area contributed by atoms with E-state index in [-0.39, 0.29) is 41.8 Å². The van der Waals surface area contributed by atoms with Gasteiger partial charge in [-0.15, -0.1) is 0 Å². The lowest BCUT2D eigenvalue weighted by atomic mass is 9.87. The number of rotatable bonds is 6. The van der Waals surface area contributed by atoms with E-state index >= 15 is 0 Å². The van der Waals surface area contributed by atoms with Crippen LogP contribution in [0.4, 0.5) is 0 Å². The van der Waals surface area contributed by atoms with Gasteiger partial charge in [0.05, 0.1) is 30.0 Å². The molecule has 0 bridgehead atoms. The molecule has 0 radical (unpaired) electrons. The Kier molecular flexibility index (Phi) is 9.04. The van der Waals surface area contributed by atoms with Crippen molar-refractivity contribution in [2.45, 2.75) is 77.3 Å². The zero-order chi connectivity index (χ0) is 30.8. The molecule has 0 spiro atoms. The molecule has 2 aromatic carbocycles. The number of carbonyl (C=O) groups is 3. The van der Waals surface area contributed by atoms with E-state index in [1.165, 1.54) is 6.08 Å². The average molecular weight is 587 g/mol. The summed E-state index contributed by atoms with van der Waals surface area (Å²) >= 11 is 0. The van der Waals surface area contributed by atoms with Crippen molar-refractivity contribution in [3.8, 4) is 0 Å². The molecule has 1 saturated heterocycles. The number of ether oxygens (including phenoxy) is 3. The van der Waals surface area contributed by atoms with E-state index in [0.29, 0.717) is 23.5 Å². The third-order valence-electron chi connectivity index (χ3n) is 9.66. The molecule has 7 nitrogen and oxygen atoms in total. The van der Waals surface area contributed by atoms with E-state index in [2.05, 4.69) is 20.8 Å². The number of Topliss-reactive ketones (excluding diaryl/α,β-unsaturated/α-hetero) is 1. The minimum atomic E-state index is -1.16. The largest absolute Gasteiger partial charge is 0.462 e. The number of allylic oxidation sites excluding steroid dienone is 1. The molecule has 3 aliphatic rings. The van der Waals surface area contributed by atoms with Crippen LogP contribution >= 0.6 is 0 Å².